The van der Waals surface area contributed by atoms with Crippen molar-refractivity contribution in [1.82, 2.24) is 25.6 Å². The molecule has 12 heteroatoms. The van der Waals surface area contributed by atoms with Crippen molar-refractivity contribution in [2.75, 3.05) is 20.3 Å². The first-order chi connectivity index (χ1) is 22.2. The van der Waals surface area contributed by atoms with Crippen LogP contribution in [0.2, 0.25) is 0 Å². The highest BCUT2D eigenvalue weighted by atomic mass is 16.6. The molecule has 4 amide bonds. The molecule has 2 aliphatic rings. The number of aromatic nitrogens is 1. The van der Waals surface area contributed by atoms with Gasteiger partial charge < -0.3 is 30.4 Å². The Kier molecular flexibility index (Phi) is 12.4. The Hall–Kier alpha value is -4.09. The summed E-state index contributed by atoms with van der Waals surface area (Å²) in [4.78, 5) is 74.6. The van der Waals surface area contributed by atoms with Crippen molar-refractivity contribution in [3.05, 3.63) is 36.0 Å². The van der Waals surface area contributed by atoms with Crippen molar-refractivity contribution in [3.8, 4) is 0 Å². The number of nitrogens with one attached hydrogen (secondary N) is 3. The van der Waals surface area contributed by atoms with Crippen LogP contribution in [0.25, 0.3) is 10.9 Å². The Bertz CT molecular complexity index is 1390. The number of nitrogens with zero attached hydrogens (tertiary/aromatic N) is 2. The fraction of sp³-hybridized carbons (Fsp3) is 0.618. The number of unbranched alkanes of at least 4 members (excludes halogenated alkanes) is 2. The molecule has 46 heavy (non-hydrogen) atoms. The second-order valence-corrected chi connectivity index (χ2v) is 12.3. The third-order valence-corrected chi connectivity index (χ3v) is 9.19. The first-order valence-corrected chi connectivity index (χ1v) is 16.7. The third kappa shape index (κ3) is 8.38. The number of piperidine rings is 1. The predicted molar refractivity (Wildman–Crippen MR) is 172 cm³/mol. The first kappa shape index (κ1) is 34.8. The normalized spacial score (nSPS) is 23.3. The Morgan fingerprint density at radius 3 is 2.43 bits per heavy atom. The van der Waals surface area contributed by atoms with Gasteiger partial charge in [-0.1, -0.05) is 51.3 Å². The van der Waals surface area contributed by atoms with Crippen LogP contribution < -0.4 is 20.8 Å². The number of carbonyl (C=O) groups excluding carboxylic acids is 5. The number of ether oxygens (including phenoxy) is 1. The lowest BCUT2D eigenvalue weighted by atomic mass is 9.93. The maximum absolute atomic E-state index is 14.1. The number of hydrogen-bond acceptors (Lipinski definition) is 7. The molecule has 0 bridgehead atoms. The number of rotatable bonds is 12. The average Bonchev–Trinajstić information content (AvgIpc) is 3.42. The molecule has 2 aliphatic heterocycles. The highest BCUT2D eigenvalue weighted by molar-refractivity contribution is 5.98. The van der Waals surface area contributed by atoms with Crippen molar-refractivity contribution in [3.63, 3.8) is 0 Å². The van der Waals surface area contributed by atoms with E-state index < -0.39 is 36.0 Å². The summed E-state index contributed by atoms with van der Waals surface area (Å²) in [5.41, 5.74) is 1.60. The second-order valence-electron chi connectivity index (χ2n) is 12.3. The van der Waals surface area contributed by atoms with Crippen molar-refractivity contribution in [2.24, 2.45) is 5.92 Å². The molecule has 2 aromatic rings. The molecule has 1 aromatic carbocycles. The Balaban J connectivity index is 1.64. The van der Waals surface area contributed by atoms with Gasteiger partial charge in [0.1, 0.15) is 31.3 Å². The lowest BCUT2D eigenvalue weighted by Crippen LogP contribution is -2.64. The van der Waals surface area contributed by atoms with E-state index in [-0.39, 0.29) is 36.5 Å². The van der Waals surface area contributed by atoms with E-state index in [2.05, 4.69) is 16.0 Å². The number of carbonyl (C=O) groups is 5. The number of fused-ring (bicyclic) bond motifs is 2. The summed E-state index contributed by atoms with van der Waals surface area (Å²) in [6.07, 6.45) is 7.01. The van der Waals surface area contributed by atoms with Gasteiger partial charge in [-0.15, -0.1) is 0 Å². The molecule has 3 heterocycles. The predicted octanol–water partition coefficient (Wildman–Crippen LogP) is 2.65. The largest absolute Gasteiger partial charge is 0.466 e. The maximum Gasteiger partial charge on any atom is 0.305 e. The van der Waals surface area contributed by atoms with Crippen LogP contribution in [0.5, 0.6) is 0 Å². The number of benzene rings is 1. The fourth-order valence-electron chi connectivity index (χ4n) is 6.38. The minimum absolute atomic E-state index is 0.141. The van der Waals surface area contributed by atoms with Crippen molar-refractivity contribution >= 4 is 40.5 Å². The van der Waals surface area contributed by atoms with Crippen molar-refractivity contribution < 1.29 is 33.5 Å². The molecule has 2 saturated heterocycles. The van der Waals surface area contributed by atoms with E-state index in [9.17, 15) is 24.0 Å². The molecule has 0 spiro atoms. The van der Waals surface area contributed by atoms with E-state index in [0.29, 0.717) is 51.7 Å². The summed E-state index contributed by atoms with van der Waals surface area (Å²) >= 11 is 0. The van der Waals surface area contributed by atoms with Crippen molar-refractivity contribution in [2.45, 2.75) is 109 Å². The quantitative estimate of drug-likeness (QED) is 0.239. The van der Waals surface area contributed by atoms with E-state index in [1.54, 1.807) is 29.9 Å². The summed E-state index contributed by atoms with van der Waals surface area (Å²) in [6, 6.07) is 4.10. The molecule has 0 saturated carbocycles. The van der Waals surface area contributed by atoms with Crippen molar-refractivity contribution in [1.29, 1.82) is 0 Å². The monoisotopic (exact) mass is 639 g/mol. The zero-order valence-corrected chi connectivity index (χ0v) is 27.5. The zero-order valence-electron chi connectivity index (χ0n) is 27.5. The Labute approximate surface area is 270 Å². The minimum atomic E-state index is -1.03. The molecule has 3 N–H and O–H groups in total. The standard InChI is InChI=1S/C34H49N5O7/c1-5-22(3)30-34(44)38-19-13-12-17-28(38)33(43)35-25(15-8-7-9-18-29(40)46-6-2)31(41)36-26(32(42)37-30)20-23-21-39(45-4)27-16-11-10-14-24(23)27/h10-11,14,16,21-22,25-26,28,30H,5-9,12-13,15,17-20H2,1-4H3,(H,35,43)(H,36,41)(H,37,42)/t22?,25-,26-,28+,30-/m0/s1. The van der Waals surface area contributed by atoms with E-state index in [4.69, 9.17) is 9.57 Å². The molecule has 12 nitrogen and oxygen atoms in total. The fourth-order valence-corrected chi connectivity index (χ4v) is 6.38. The van der Waals surface area contributed by atoms with Gasteiger partial charge in [-0.05, 0) is 56.6 Å². The summed E-state index contributed by atoms with van der Waals surface area (Å²) in [6.45, 7) is 6.36. The van der Waals surface area contributed by atoms with Crippen LogP contribution in [-0.4, -0.2) is 83.7 Å². The van der Waals surface area contributed by atoms with Gasteiger partial charge in [-0.3, -0.25) is 24.0 Å². The molecule has 5 atom stereocenters. The molecular formula is C34H49N5O7. The topological polar surface area (TPSA) is 148 Å². The van der Waals surface area contributed by atoms with Gasteiger partial charge >= 0.3 is 5.97 Å². The van der Waals surface area contributed by atoms with Gasteiger partial charge in [0.25, 0.3) is 0 Å². The van der Waals surface area contributed by atoms with Gasteiger partial charge in [-0.2, -0.15) is 4.73 Å². The molecule has 4 rings (SSSR count). The second kappa shape index (κ2) is 16.5. The smallest absolute Gasteiger partial charge is 0.305 e. The number of amides is 4. The average molecular weight is 640 g/mol. The Morgan fingerprint density at radius 2 is 1.70 bits per heavy atom. The lowest BCUT2D eigenvalue weighted by molar-refractivity contribution is -0.147. The van der Waals surface area contributed by atoms with Crippen LogP contribution in [-0.2, 0) is 35.1 Å². The molecule has 1 unspecified atom stereocenters. The van der Waals surface area contributed by atoms with Crippen LogP contribution >= 0.6 is 0 Å². The van der Waals surface area contributed by atoms with Crippen LogP contribution in [0.1, 0.15) is 84.1 Å². The van der Waals surface area contributed by atoms with Gasteiger partial charge in [-0.25, -0.2) is 0 Å². The van der Waals surface area contributed by atoms with Gasteiger partial charge in [0.15, 0.2) is 0 Å². The van der Waals surface area contributed by atoms with E-state index in [1.807, 2.05) is 38.1 Å². The van der Waals surface area contributed by atoms with Crippen LogP contribution in [0.3, 0.4) is 0 Å². The summed E-state index contributed by atoms with van der Waals surface area (Å²) in [7, 11) is 1.55. The first-order valence-electron chi connectivity index (χ1n) is 16.7. The molecule has 0 aliphatic carbocycles. The van der Waals surface area contributed by atoms with Gasteiger partial charge in [0, 0.05) is 31.0 Å². The Morgan fingerprint density at radius 1 is 0.957 bits per heavy atom. The van der Waals surface area contributed by atoms with E-state index in [1.165, 1.54) is 0 Å². The molecule has 0 radical (unpaired) electrons. The van der Waals surface area contributed by atoms with Crippen LogP contribution in [0, 0.1) is 5.92 Å². The minimum Gasteiger partial charge on any atom is -0.466 e. The molecule has 252 valence electrons. The molecule has 2 fully saturated rings. The third-order valence-electron chi connectivity index (χ3n) is 9.19. The van der Waals surface area contributed by atoms with Gasteiger partial charge in [0.2, 0.25) is 23.6 Å². The van der Waals surface area contributed by atoms with E-state index in [0.717, 1.165) is 29.3 Å². The lowest BCUT2D eigenvalue weighted by Gasteiger charge is -2.39. The number of esters is 1. The maximum atomic E-state index is 14.1. The summed E-state index contributed by atoms with van der Waals surface area (Å²) < 4.78 is 6.61. The number of para-hydroxylation sites is 1. The molecular weight excluding hydrogens is 590 g/mol. The van der Waals surface area contributed by atoms with E-state index >= 15 is 0 Å². The zero-order chi connectivity index (χ0) is 33.2. The summed E-state index contributed by atoms with van der Waals surface area (Å²) in [5.74, 6) is -2.03. The molecule has 1 aromatic heterocycles. The van der Waals surface area contributed by atoms with Crippen LogP contribution in [0.15, 0.2) is 30.5 Å². The highest BCUT2D eigenvalue weighted by Crippen LogP contribution is 2.24. The SMILES string of the molecule is CCOC(=O)CCCCC[C@@H]1NC(=O)[C@H]2CCCCN2C(=O)[C@H](C(C)CC)NC(=O)[C@H](Cc2cn(OC)c3ccccc23)NC1=O. The number of hydrogen-bond donors (Lipinski definition) is 3. The van der Waals surface area contributed by atoms with Crippen LogP contribution in [0.4, 0.5) is 0 Å². The highest BCUT2D eigenvalue weighted by Gasteiger charge is 2.40. The van der Waals surface area contributed by atoms with Gasteiger partial charge in [0.05, 0.1) is 12.1 Å². The summed E-state index contributed by atoms with van der Waals surface area (Å²) in [5, 5.41) is 9.70.